The van der Waals surface area contributed by atoms with Gasteiger partial charge in [-0.25, -0.2) is 4.79 Å². The normalized spacial score (nSPS) is 36.4. The molecule has 0 aromatic carbocycles. The van der Waals surface area contributed by atoms with Crippen molar-refractivity contribution in [1.29, 1.82) is 0 Å². The Bertz CT molecular complexity index is 218. The van der Waals surface area contributed by atoms with E-state index in [9.17, 15) is 4.79 Å². The number of rotatable bonds is 4. The third-order valence-electron chi connectivity index (χ3n) is 2.69. The van der Waals surface area contributed by atoms with E-state index in [-0.39, 0.29) is 18.2 Å². The second-order valence-corrected chi connectivity index (χ2v) is 3.44. The molecule has 1 aliphatic heterocycles. The van der Waals surface area contributed by atoms with Gasteiger partial charge >= 0.3 is 5.97 Å². The average Bonchev–Trinajstić information content (AvgIpc) is 2.27. The summed E-state index contributed by atoms with van der Waals surface area (Å²) in [6.45, 7) is 1.93. The first-order valence-corrected chi connectivity index (χ1v) is 4.98. The Morgan fingerprint density at radius 3 is 2.13 bits per heavy atom. The fourth-order valence-electron chi connectivity index (χ4n) is 1.89. The second kappa shape index (κ2) is 5.44. The van der Waals surface area contributed by atoms with Crippen LogP contribution in [-0.2, 0) is 23.7 Å². The van der Waals surface area contributed by atoms with Crippen LogP contribution in [0.25, 0.3) is 0 Å². The third-order valence-corrected chi connectivity index (χ3v) is 2.69. The van der Waals surface area contributed by atoms with Gasteiger partial charge in [0.05, 0.1) is 0 Å². The van der Waals surface area contributed by atoms with E-state index >= 15 is 0 Å². The lowest BCUT2D eigenvalue weighted by molar-refractivity contribution is -0.215. The van der Waals surface area contributed by atoms with Gasteiger partial charge in [0.15, 0.2) is 6.10 Å². The molecule has 0 saturated carbocycles. The predicted molar refractivity (Wildman–Crippen MR) is 52.6 cm³/mol. The van der Waals surface area contributed by atoms with E-state index in [4.69, 9.17) is 18.9 Å². The molecule has 0 aromatic rings. The molecule has 5 nitrogen and oxygen atoms in total. The summed E-state index contributed by atoms with van der Waals surface area (Å²) in [6.07, 6.45) is -0.962. The molecule has 4 unspecified atom stereocenters. The lowest BCUT2D eigenvalue weighted by Gasteiger charge is -2.39. The van der Waals surface area contributed by atoms with Crippen molar-refractivity contribution < 1.29 is 23.7 Å². The van der Waals surface area contributed by atoms with Crippen molar-refractivity contribution >= 4 is 5.97 Å². The first kappa shape index (κ1) is 12.4. The van der Waals surface area contributed by atoms with Crippen LogP contribution in [0.3, 0.4) is 0 Å². The summed E-state index contributed by atoms with van der Waals surface area (Å²) in [4.78, 5) is 11.5. The van der Waals surface area contributed by atoms with Crippen molar-refractivity contribution in [3.63, 3.8) is 0 Å². The minimum atomic E-state index is -0.706. The summed E-state index contributed by atoms with van der Waals surface area (Å²) >= 11 is 0. The highest BCUT2D eigenvalue weighted by molar-refractivity contribution is 5.76. The molecule has 0 radical (unpaired) electrons. The molecule has 0 bridgehead atoms. The molecule has 0 amide bonds. The number of carbonyl (C=O) groups is 1. The van der Waals surface area contributed by atoms with Gasteiger partial charge in [0.1, 0.15) is 18.3 Å². The monoisotopic (exact) mass is 218 g/mol. The van der Waals surface area contributed by atoms with Gasteiger partial charge in [0, 0.05) is 21.3 Å². The fraction of sp³-hybridized carbons (Fsp3) is 0.900. The van der Waals surface area contributed by atoms with Gasteiger partial charge in [0.25, 0.3) is 0 Å². The molecular weight excluding hydrogens is 200 g/mol. The number of hydrogen-bond acceptors (Lipinski definition) is 5. The van der Waals surface area contributed by atoms with Crippen molar-refractivity contribution in [2.75, 3.05) is 21.3 Å². The molecule has 0 spiro atoms. The first-order chi connectivity index (χ1) is 7.19. The van der Waals surface area contributed by atoms with Gasteiger partial charge in [-0.3, -0.25) is 0 Å². The van der Waals surface area contributed by atoms with Gasteiger partial charge in [-0.15, -0.1) is 0 Å². The Balaban J connectivity index is 2.85. The third kappa shape index (κ3) is 2.30. The zero-order chi connectivity index (χ0) is 11.4. The van der Waals surface area contributed by atoms with Gasteiger partial charge < -0.3 is 18.9 Å². The van der Waals surface area contributed by atoms with Crippen LogP contribution in [0, 0.1) is 0 Å². The van der Waals surface area contributed by atoms with Crippen molar-refractivity contribution in [3.05, 3.63) is 0 Å². The smallest absolute Gasteiger partial charge is 0.338 e. The molecule has 0 aliphatic carbocycles. The summed E-state index contributed by atoms with van der Waals surface area (Å²) in [5.74, 6) is -0.385. The highest BCUT2D eigenvalue weighted by atomic mass is 16.6. The molecule has 1 fully saturated rings. The van der Waals surface area contributed by atoms with Gasteiger partial charge in [0.2, 0.25) is 0 Å². The van der Waals surface area contributed by atoms with Crippen LogP contribution in [0.1, 0.15) is 13.3 Å². The zero-order valence-electron chi connectivity index (χ0n) is 9.56. The molecule has 4 atom stereocenters. The Morgan fingerprint density at radius 2 is 1.73 bits per heavy atom. The van der Waals surface area contributed by atoms with Crippen LogP contribution < -0.4 is 0 Å². The lowest BCUT2D eigenvalue weighted by atomic mass is 9.97. The Morgan fingerprint density at radius 1 is 1.13 bits per heavy atom. The van der Waals surface area contributed by atoms with E-state index in [2.05, 4.69) is 0 Å². The fourth-order valence-corrected chi connectivity index (χ4v) is 1.89. The van der Waals surface area contributed by atoms with E-state index in [1.54, 1.807) is 7.11 Å². The van der Waals surface area contributed by atoms with Crippen LogP contribution in [0.5, 0.6) is 0 Å². The van der Waals surface area contributed by atoms with Crippen LogP contribution in [0.15, 0.2) is 0 Å². The number of carbonyl (C=O) groups excluding carboxylic acids is 1. The van der Waals surface area contributed by atoms with Crippen LogP contribution >= 0.6 is 0 Å². The zero-order valence-corrected chi connectivity index (χ0v) is 9.56. The maximum atomic E-state index is 11.5. The number of methoxy groups -OCH3 is 3. The molecule has 1 aliphatic rings. The summed E-state index contributed by atoms with van der Waals surface area (Å²) in [5, 5.41) is 0. The topological polar surface area (TPSA) is 54.0 Å². The molecule has 0 aromatic heterocycles. The van der Waals surface area contributed by atoms with Gasteiger partial charge in [-0.2, -0.15) is 0 Å². The van der Waals surface area contributed by atoms with E-state index in [1.165, 1.54) is 14.2 Å². The van der Waals surface area contributed by atoms with Crippen LogP contribution in [-0.4, -0.2) is 51.7 Å². The van der Waals surface area contributed by atoms with Crippen LogP contribution in [0.2, 0.25) is 0 Å². The molecule has 0 N–H and O–H groups in total. The average molecular weight is 218 g/mol. The molecule has 88 valence electrons. The van der Waals surface area contributed by atoms with Crippen molar-refractivity contribution in [1.82, 2.24) is 0 Å². The SMILES string of the molecule is CCC1OC(=O)C(OC)C(OC)C1OC. The minimum Gasteiger partial charge on any atom is -0.458 e. The quantitative estimate of drug-likeness (QED) is 0.638. The predicted octanol–water partition coefficient (Wildman–Crippen LogP) is 0.367. The Kier molecular flexibility index (Phi) is 4.50. The number of hydrogen-bond donors (Lipinski definition) is 0. The molecule has 1 rings (SSSR count). The molecule has 1 heterocycles. The molecular formula is C10H18O5. The largest absolute Gasteiger partial charge is 0.458 e. The van der Waals surface area contributed by atoms with E-state index in [0.717, 1.165) is 0 Å². The molecule has 15 heavy (non-hydrogen) atoms. The summed E-state index contributed by atoms with van der Waals surface area (Å²) < 4.78 is 20.8. The second-order valence-electron chi connectivity index (χ2n) is 3.44. The summed E-state index contributed by atoms with van der Waals surface area (Å²) in [6, 6.07) is 0. The number of cyclic esters (lactones) is 1. The van der Waals surface area contributed by atoms with E-state index in [0.29, 0.717) is 6.42 Å². The van der Waals surface area contributed by atoms with Gasteiger partial charge in [-0.05, 0) is 6.42 Å². The number of ether oxygens (including phenoxy) is 4. The highest BCUT2D eigenvalue weighted by Gasteiger charge is 2.46. The highest BCUT2D eigenvalue weighted by Crippen LogP contribution is 2.24. The van der Waals surface area contributed by atoms with Gasteiger partial charge in [-0.1, -0.05) is 6.92 Å². The first-order valence-electron chi connectivity index (χ1n) is 4.98. The summed E-state index contributed by atoms with van der Waals surface area (Å²) in [7, 11) is 4.57. The Labute approximate surface area is 89.6 Å². The Hall–Kier alpha value is -0.650. The maximum absolute atomic E-state index is 11.5. The minimum absolute atomic E-state index is 0.265. The summed E-state index contributed by atoms with van der Waals surface area (Å²) in [5.41, 5.74) is 0. The van der Waals surface area contributed by atoms with Crippen LogP contribution in [0.4, 0.5) is 0 Å². The van der Waals surface area contributed by atoms with Crippen molar-refractivity contribution in [3.8, 4) is 0 Å². The number of esters is 1. The van der Waals surface area contributed by atoms with Crippen molar-refractivity contribution in [2.45, 2.75) is 37.8 Å². The van der Waals surface area contributed by atoms with E-state index in [1.807, 2.05) is 6.92 Å². The molecule has 5 heteroatoms. The van der Waals surface area contributed by atoms with Crippen molar-refractivity contribution in [2.24, 2.45) is 0 Å². The standard InChI is InChI=1S/C10H18O5/c1-5-6-7(12-2)8(13-3)9(14-4)10(11)15-6/h6-9H,5H2,1-4H3. The maximum Gasteiger partial charge on any atom is 0.338 e. The lowest BCUT2D eigenvalue weighted by Crippen LogP contribution is -2.57. The molecule has 1 saturated heterocycles. The van der Waals surface area contributed by atoms with E-state index < -0.39 is 12.2 Å².